The average Bonchev–Trinajstić information content (AvgIpc) is 2.58. The number of benzene rings is 2. The fourth-order valence-electron chi connectivity index (χ4n) is 2.85. The Kier molecular flexibility index (Phi) is 7.32. The maximum absolute atomic E-state index is 12.0. The van der Waals surface area contributed by atoms with Gasteiger partial charge in [0.1, 0.15) is 11.0 Å². The summed E-state index contributed by atoms with van der Waals surface area (Å²) in [6.45, 7) is 7.60. The average molecular weight is 442 g/mol. The van der Waals surface area contributed by atoms with Gasteiger partial charge in [0.15, 0.2) is 0 Å². The lowest BCUT2D eigenvalue weighted by Gasteiger charge is -2.33. The van der Waals surface area contributed by atoms with Crippen LogP contribution in [0.15, 0.2) is 53.5 Å². The Labute approximate surface area is 177 Å². The van der Waals surface area contributed by atoms with Crippen LogP contribution in [-0.2, 0) is 14.3 Å². The van der Waals surface area contributed by atoms with Crippen LogP contribution in [0.1, 0.15) is 43.6 Å². The van der Waals surface area contributed by atoms with E-state index in [1.165, 1.54) is 0 Å². The van der Waals surface area contributed by atoms with Crippen LogP contribution < -0.4 is 0 Å². The predicted octanol–water partition coefficient (Wildman–Crippen LogP) is 5.56. The molecule has 0 N–H and O–H groups in total. The second kappa shape index (κ2) is 8.95. The Balaban J connectivity index is 2.64. The van der Waals surface area contributed by atoms with Crippen molar-refractivity contribution in [2.75, 3.05) is 6.26 Å². The molecule has 0 unspecified atom stereocenters. The van der Waals surface area contributed by atoms with Crippen LogP contribution in [0.25, 0.3) is 0 Å². The van der Waals surface area contributed by atoms with Crippen molar-refractivity contribution < 1.29 is 12.6 Å². The molecule has 4 nitrogen and oxygen atoms in total. The zero-order chi connectivity index (χ0) is 21.1. The summed E-state index contributed by atoms with van der Waals surface area (Å²) in [6, 6.07) is 14.5. The molecule has 7 heteroatoms. The van der Waals surface area contributed by atoms with E-state index in [4.69, 9.17) is 32.4 Å². The SMILES string of the molecule is Cc1ccc(C(=NC(C)C)[C@](C)(Cl)[C@@H](OS(C)(=O)=O)c2ccc(Cl)cc2)cc1. The first-order valence-electron chi connectivity index (χ1n) is 8.88. The van der Waals surface area contributed by atoms with Gasteiger partial charge >= 0.3 is 0 Å². The third kappa shape index (κ3) is 6.05. The summed E-state index contributed by atoms with van der Waals surface area (Å²) >= 11 is 13.0. The fourth-order valence-corrected chi connectivity index (χ4v) is 4.01. The molecule has 2 rings (SSSR count). The molecule has 0 aromatic heterocycles. The van der Waals surface area contributed by atoms with Gasteiger partial charge in [-0.2, -0.15) is 8.42 Å². The lowest BCUT2D eigenvalue weighted by molar-refractivity contribution is 0.196. The first kappa shape index (κ1) is 22.9. The summed E-state index contributed by atoms with van der Waals surface area (Å²) in [5.41, 5.74) is 3.07. The van der Waals surface area contributed by atoms with Crippen molar-refractivity contribution in [1.29, 1.82) is 0 Å². The first-order valence-corrected chi connectivity index (χ1v) is 11.5. The molecule has 0 fully saturated rings. The topological polar surface area (TPSA) is 55.7 Å². The van der Waals surface area contributed by atoms with Crippen LogP contribution in [0.2, 0.25) is 5.02 Å². The molecule has 0 saturated carbocycles. The summed E-state index contributed by atoms with van der Waals surface area (Å²) in [6.07, 6.45) is 0.0221. The standard InChI is InChI=1S/C21H25Cl2NO3S/c1-14(2)24-19(16-8-6-15(3)7-9-16)21(4,23)20(27-28(5,25)26)17-10-12-18(22)13-11-17/h6-14,20H,1-5H3/t20-,21-/m0/s1. The molecule has 0 aliphatic heterocycles. The smallest absolute Gasteiger partial charge is 0.265 e. The molecule has 2 aromatic rings. The molecule has 0 amide bonds. The van der Waals surface area contributed by atoms with Crippen molar-refractivity contribution in [3.05, 3.63) is 70.2 Å². The van der Waals surface area contributed by atoms with E-state index in [2.05, 4.69) is 0 Å². The highest BCUT2D eigenvalue weighted by Crippen LogP contribution is 2.40. The zero-order valence-electron chi connectivity index (χ0n) is 16.6. The summed E-state index contributed by atoms with van der Waals surface area (Å²) < 4.78 is 29.5. The molecule has 0 spiro atoms. The number of aliphatic imine (C=N–C) groups is 1. The van der Waals surface area contributed by atoms with E-state index in [0.29, 0.717) is 16.3 Å². The highest BCUT2D eigenvalue weighted by atomic mass is 35.5. The van der Waals surface area contributed by atoms with E-state index < -0.39 is 21.1 Å². The Hall–Kier alpha value is -1.40. The predicted molar refractivity (Wildman–Crippen MR) is 117 cm³/mol. The summed E-state index contributed by atoms with van der Waals surface area (Å²) in [4.78, 5) is 3.47. The summed E-state index contributed by atoms with van der Waals surface area (Å²) in [5.74, 6) is 0. The monoisotopic (exact) mass is 441 g/mol. The number of alkyl halides is 1. The quantitative estimate of drug-likeness (QED) is 0.320. The van der Waals surface area contributed by atoms with E-state index >= 15 is 0 Å². The zero-order valence-corrected chi connectivity index (χ0v) is 18.9. The van der Waals surface area contributed by atoms with Gasteiger partial charge in [0, 0.05) is 11.1 Å². The third-order valence-electron chi connectivity index (χ3n) is 4.11. The molecule has 0 bridgehead atoms. The maximum atomic E-state index is 12.0. The number of hydrogen-bond acceptors (Lipinski definition) is 4. The molecule has 0 radical (unpaired) electrons. The minimum atomic E-state index is -3.79. The molecule has 0 heterocycles. The van der Waals surface area contributed by atoms with Crippen molar-refractivity contribution >= 4 is 39.0 Å². The summed E-state index contributed by atoms with van der Waals surface area (Å²) in [7, 11) is -3.79. The summed E-state index contributed by atoms with van der Waals surface area (Å²) in [5, 5.41) is 0.535. The molecule has 0 aliphatic carbocycles. The first-order chi connectivity index (χ1) is 12.9. The van der Waals surface area contributed by atoms with E-state index in [9.17, 15) is 8.42 Å². The number of rotatable bonds is 7. The van der Waals surface area contributed by atoms with Crippen LogP contribution in [0.4, 0.5) is 0 Å². The number of nitrogens with zero attached hydrogens (tertiary/aromatic N) is 1. The lowest BCUT2D eigenvalue weighted by Crippen LogP contribution is -2.39. The van der Waals surface area contributed by atoms with Gasteiger partial charge in [0.2, 0.25) is 0 Å². The Bertz CT molecular complexity index is 935. The van der Waals surface area contributed by atoms with E-state index in [0.717, 1.165) is 17.4 Å². The molecular weight excluding hydrogens is 417 g/mol. The maximum Gasteiger partial charge on any atom is 0.265 e. The van der Waals surface area contributed by atoms with E-state index in [1.54, 1.807) is 31.2 Å². The largest absolute Gasteiger partial charge is 0.284 e. The lowest BCUT2D eigenvalue weighted by atomic mass is 9.88. The Morgan fingerprint density at radius 1 is 1.07 bits per heavy atom. The molecular formula is C21H25Cl2NO3S. The van der Waals surface area contributed by atoms with Gasteiger partial charge in [-0.3, -0.25) is 9.18 Å². The highest BCUT2D eigenvalue weighted by Gasteiger charge is 2.42. The second-order valence-corrected chi connectivity index (χ2v) is 10.1. The van der Waals surface area contributed by atoms with Crippen molar-refractivity contribution in [1.82, 2.24) is 0 Å². The van der Waals surface area contributed by atoms with Gasteiger partial charge in [-0.05, 0) is 51.0 Å². The van der Waals surface area contributed by atoms with Crippen LogP contribution in [0.5, 0.6) is 0 Å². The molecule has 0 saturated heterocycles. The van der Waals surface area contributed by atoms with Crippen molar-refractivity contribution in [2.24, 2.45) is 4.99 Å². The minimum Gasteiger partial charge on any atom is -0.284 e. The second-order valence-electron chi connectivity index (χ2n) is 7.25. The van der Waals surface area contributed by atoms with Crippen molar-refractivity contribution in [3.63, 3.8) is 0 Å². The molecule has 2 atom stereocenters. The third-order valence-corrected chi connectivity index (χ3v) is 5.28. The molecule has 152 valence electrons. The fraction of sp³-hybridized carbons (Fsp3) is 0.381. The number of hydrogen-bond donors (Lipinski definition) is 0. The van der Waals surface area contributed by atoms with Gasteiger partial charge < -0.3 is 0 Å². The van der Waals surface area contributed by atoms with Crippen LogP contribution in [0, 0.1) is 6.92 Å². The van der Waals surface area contributed by atoms with E-state index in [1.807, 2.05) is 45.0 Å². The van der Waals surface area contributed by atoms with Crippen molar-refractivity contribution in [3.8, 4) is 0 Å². The van der Waals surface area contributed by atoms with Crippen LogP contribution in [0.3, 0.4) is 0 Å². The van der Waals surface area contributed by atoms with Gasteiger partial charge in [-0.25, -0.2) is 0 Å². The minimum absolute atomic E-state index is 0.0431. The van der Waals surface area contributed by atoms with Crippen LogP contribution in [-0.4, -0.2) is 31.3 Å². The Morgan fingerprint density at radius 3 is 2.07 bits per heavy atom. The van der Waals surface area contributed by atoms with Gasteiger partial charge in [0.05, 0.1) is 12.0 Å². The van der Waals surface area contributed by atoms with E-state index in [-0.39, 0.29) is 6.04 Å². The van der Waals surface area contributed by atoms with Gasteiger partial charge in [0.25, 0.3) is 10.1 Å². The van der Waals surface area contributed by atoms with Crippen LogP contribution >= 0.6 is 23.2 Å². The normalized spacial score (nSPS) is 16.1. The Morgan fingerprint density at radius 2 is 1.61 bits per heavy atom. The van der Waals surface area contributed by atoms with Gasteiger partial charge in [-0.15, -0.1) is 11.6 Å². The molecule has 0 aliphatic rings. The number of halogens is 2. The van der Waals surface area contributed by atoms with Crippen molar-refractivity contribution in [2.45, 2.75) is 44.7 Å². The number of aryl methyl sites for hydroxylation is 1. The highest BCUT2D eigenvalue weighted by molar-refractivity contribution is 7.86. The van der Waals surface area contributed by atoms with Gasteiger partial charge in [-0.1, -0.05) is 53.6 Å². The molecule has 28 heavy (non-hydrogen) atoms. The molecule has 2 aromatic carbocycles.